The van der Waals surface area contributed by atoms with E-state index in [1.165, 1.54) is 18.4 Å². The monoisotopic (exact) mass is 316 g/mol. The van der Waals surface area contributed by atoms with Gasteiger partial charge in [0.2, 0.25) is 11.8 Å². The number of nitrogens with two attached hydrogens (primary N) is 1. The van der Waals surface area contributed by atoms with Gasteiger partial charge >= 0.3 is 5.97 Å². The number of H-pyrrole nitrogens is 1. The number of esters is 1. The summed E-state index contributed by atoms with van der Waals surface area (Å²) in [4.78, 5) is 12.5. The number of fused-ring (bicyclic) bond motifs is 1. The zero-order valence-corrected chi connectivity index (χ0v) is 12.4. The third kappa shape index (κ3) is 2.21. The van der Waals surface area contributed by atoms with E-state index in [1.54, 1.807) is 0 Å². The molecule has 0 saturated heterocycles. The van der Waals surface area contributed by atoms with Crippen molar-refractivity contribution in [1.82, 2.24) is 10.2 Å². The van der Waals surface area contributed by atoms with Crippen LogP contribution in [0.2, 0.25) is 0 Å². The maximum atomic E-state index is 11.6. The Kier molecular flexibility index (Phi) is 3.56. The molecule has 3 N–H and O–H groups in total. The number of hydrogen-bond acceptors (Lipinski definition) is 7. The lowest BCUT2D eigenvalue weighted by molar-refractivity contribution is -0.139. The molecule has 0 aliphatic carbocycles. The summed E-state index contributed by atoms with van der Waals surface area (Å²) in [7, 11) is 1.32. The first-order valence-corrected chi connectivity index (χ1v) is 7.28. The van der Waals surface area contributed by atoms with E-state index in [9.17, 15) is 10.1 Å². The number of rotatable bonds is 3. The molecule has 2 aromatic heterocycles. The first-order valence-electron chi connectivity index (χ1n) is 6.40. The van der Waals surface area contributed by atoms with Crippen molar-refractivity contribution < 1.29 is 14.3 Å². The fraction of sp³-hybridized carbons (Fsp3) is 0.214. The number of ether oxygens (including phenoxy) is 2. The molecular weight excluding hydrogens is 304 g/mol. The number of hydrogen-bond donors (Lipinski definition) is 2. The highest BCUT2D eigenvalue weighted by Gasteiger charge is 2.36. The van der Waals surface area contributed by atoms with E-state index in [0.29, 0.717) is 16.8 Å². The Bertz CT molecular complexity index is 786. The highest BCUT2D eigenvalue weighted by atomic mass is 32.1. The van der Waals surface area contributed by atoms with Crippen molar-refractivity contribution in [2.45, 2.75) is 12.3 Å². The molecule has 1 aliphatic rings. The topological polar surface area (TPSA) is 114 Å². The van der Waals surface area contributed by atoms with E-state index in [0.717, 1.165) is 4.88 Å². The largest absolute Gasteiger partial charge is 0.469 e. The lowest BCUT2D eigenvalue weighted by Gasteiger charge is -2.22. The molecule has 1 unspecified atom stereocenters. The van der Waals surface area contributed by atoms with Crippen LogP contribution in [0.15, 0.2) is 29.0 Å². The number of nitrogens with one attached hydrogen (secondary N) is 1. The van der Waals surface area contributed by atoms with E-state index in [1.807, 2.05) is 17.5 Å². The molecule has 112 valence electrons. The van der Waals surface area contributed by atoms with Crippen LogP contribution in [0.3, 0.4) is 0 Å². The van der Waals surface area contributed by atoms with E-state index < -0.39 is 11.9 Å². The lowest BCUT2D eigenvalue weighted by Crippen LogP contribution is -2.21. The van der Waals surface area contributed by atoms with E-state index >= 15 is 0 Å². The Morgan fingerprint density at radius 2 is 2.50 bits per heavy atom. The molecule has 3 heterocycles. The van der Waals surface area contributed by atoms with E-state index in [4.69, 9.17) is 10.5 Å². The summed E-state index contributed by atoms with van der Waals surface area (Å²) < 4.78 is 10.1. The predicted molar refractivity (Wildman–Crippen MR) is 77.9 cm³/mol. The first-order chi connectivity index (χ1) is 10.7. The summed E-state index contributed by atoms with van der Waals surface area (Å²) >= 11 is 1.50. The van der Waals surface area contributed by atoms with Gasteiger partial charge in [0.15, 0.2) is 0 Å². The van der Waals surface area contributed by atoms with Crippen molar-refractivity contribution in [3.05, 3.63) is 45.1 Å². The average Bonchev–Trinajstić information content (AvgIpc) is 3.16. The van der Waals surface area contributed by atoms with E-state index in [-0.39, 0.29) is 18.2 Å². The Labute approximate surface area is 130 Å². The first kappa shape index (κ1) is 14.2. The molecule has 1 atom stereocenters. The highest BCUT2D eigenvalue weighted by molar-refractivity contribution is 7.10. The lowest BCUT2D eigenvalue weighted by atomic mass is 9.88. The third-order valence-electron chi connectivity index (χ3n) is 3.39. The summed E-state index contributed by atoms with van der Waals surface area (Å²) in [6.45, 7) is 0. The highest BCUT2D eigenvalue weighted by Crippen LogP contribution is 2.44. The molecule has 0 aromatic carbocycles. The predicted octanol–water partition coefficient (Wildman–Crippen LogP) is 1.40. The van der Waals surface area contributed by atoms with Crippen LogP contribution in [0.25, 0.3) is 0 Å². The molecule has 22 heavy (non-hydrogen) atoms. The van der Waals surface area contributed by atoms with Gasteiger partial charge < -0.3 is 15.2 Å². The van der Waals surface area contributed by atoms with Crippen LogP contribution in [0.5, 0.6) is 5.88 Å². The fourth-order valence-corrected chi connectivity index (χ4v) is 3.24. The maximum absolute atomic E-state index is 11.6. The van der Waals surface area contributed by atoms with Gasteiger partial charge in [0.25, 0.3) is 0 Å². The average molecular weight is 316 g/mol. The molecule has 0 radical (unpaired) electrons. The number of nitrogens with zero attached hydrogens (tertiary/aromatic N) is 2. The number of carbonyl (C=O) groups is 1. The van der Waals surface area contributed by atoms with Gasteiger partial charge in [0, 0.05) is 4.88 Å². The SMILES string of the molecule is COC(=O)Cc1[nH]nc2c1C(c1cccs1)C(C#N)=C(N)O2. The number of methoxy groups -OCH3 is 1. The molecule has 0 fully saturated rings. The van der Waals surface area contributed by atoms with Gasteiger partial charge in [0.05, 0.1) is 30.7 Å². The molecule has 0 spiro atoms. The van der Waals surface area contributed by atoms with Gasteiger partial charge in [-0.05, 0) is 11.4 Å². The fourth-order valence-electron chi connectivity index (χ4n) is 2.40. The van der Waals surface area contributed by atoms with Crippen molar-refractivity contribution in [1.29, 1.82) is 5.26 Å². The Hall–Kier alpha value is -2.79. The van der Waals surface area contributed by atoms with Crippen LogP contribution in [0, 0.1) is 11.3 Å². The van der Waals surface area contributed by atoms with Crippen LogP contribution < -0.4 is 10.5 Å². The second-order valence-electron chi connectivity index (χ2n) is 4.61. The van der Waals surface area contributed by atoms with Crippen molar-refractivity contribution in [2.75, 3.05) is 7.11 Å². The molecule has 0 amide bonds. The molecule has 2 aromatic rings. The second kappa shape index (κ2) is 5.54. The smallest absolute Gasteiger partial charge is 0.311 e. The molecule has 0 bridgehead atoms. The number of thiophene rings is 1. The van der Waals surface area contributed by atoms with Crippen molar-refractivity contribution in [2.24, 2.45) is 5.73 Å². The van der Waals surface area contributed by atoms with Gasteiger partial charge in [-0.2, -0.15) is 5.26 Å². The minimum atomic E-state index is -0.405. The van der Waals surface area contributed by atoms with Crippen LogP contribution >= 0.6 is 11.3 Å². The number of aromatic nitrogens is 2. The minimum absolute atomic E-state index is 0.0165. The second-order valence-corrected chi connectivity index (χ2v) is 5.59. The summed E-state index contributed by atoms with van der Waals surface area (Å²) in [5.41, 5.74) is 7.35. The Morgan fingerprint density at radius 3 is 3.14 bits per heavy atom. The van der Waals surface area contributed by atoms with Crippen LogP contribution in [0.1, 0.15) is 22.1 Å². The van der Waals surface area contributed by atoms with Crippen LogP contribution in [-0.4, -0.2) is 23.3 Å². The molecule has 0 saturated carbocycles. The van der Waals surface area contributed by atoms with Crippen molar-refractivity contribution in [3.8, 4) is 11.9 Å². The quantitative estimate of drug-likeness (QED) is 0.827. The van der Waals surface area contributed by atoms with E-state index in [2.05, 4.69) is 21.0 Å². The van der Waals surface area contributed by atoms with Crippen LogP contribution in [0.4, 0.5) is 0 Å². The summed E-state index contributed by atoms with van der Waals surface area (Å²) in [6, 6.07) is 5.89. The van der Waals surface area contributed by atoms with Crippen molar-refractivity contribution >= 4 is 17.3 Å². The van der Waals surface area contributed by atoms with Gasteiger partial charge in [-0.3, -0.25) is 9.89 Å². The third-order valence-corrected chi connectivity index (χ3v) is 4.33. The van der Waals surface area contributed by atoms with Crippen LogP contribution in [-0.2, 0) is 16.0 Å². The van der Waals surface area contributed by atoms with Gasteiger partial charge in [0.1, 0.15) is 11.6 Å². The Morgan fingerprint density at radius 1 is 1.68 bits per heavy atom. The van der Waals surface area contributed by atoms with Crippen molar-refractivity contribution in [3.63, 3.8) is 0 Å². The number of allylic oxidation sites excluding steroid dienone is 1. The molecule has 8 heteroatoms. The number of carbonyl (C=O) groups excluding carboxylic acids is 1. The minimum Gasteiger partial charge on any atom is -0.469 e. The normalized spacial score (nSPS) is 16.6. The standard InChI is InChI=1S/C14H12N4O3S/c1-20-10(19)5-8-12-11(9-3-2-4-22-9)7(6-15)13(16)21-14(12)18-17-8/h2-4,11H,5,16H2,1H3,(H,17,18). The summed E-state index contributed by atoms with van der Waals surface area (Å²) in [5.74, 6) is -0.483. The van der Waals surface area contributed by atoms with Gasteiger partial charge in [-0.1, -0.05) is 6.07 Å². The molecule has 7 nitrogen and oxygen atoms in total. The summed E-state index contributed by atoms with van der Waals surface area (Å²) in [5, 5.41) is 18.2. The number of aromatic amines is 1. The molecule has 3 rings (SSSR count). The van der Waals surface area contributed by atoms with Gasteiger partial charge in [-0.15, -0.1) is 16.4 Å². The number of nitriles is 1. The molecule has 1 aliphatic heterocycles. The van der Waals surface area contributed by atoms with Gasteiger partial charge in [-0.25, -0.2) is 0 Å². The Balaban J connectivity index is 2.13. The molecular formula is C14H12N4O3S. The summed E-state index contributed by atoms with van der Waals surface area (Å²) in [6.07, 6.45) is 0.0165. The zero-order chi connectivity index (χ0) is 15.7. The zero-order valence-electron chi connectivity index (χ0n) is 11.6. The maximum Gasteiger partial charge on any atom is 0.311 e.